The van der Waals surface area contributed by atoms with E-state index in [1.54, 1.807) is 29.2 Å². The monoisotopic (exact) mass is 414 g/mol. The van der Waals surface area contributed by atoms with Gasteiger partial charge in [-0.3, -0.25) is 9.59 Å². The van der Waals surface area contributed by atoms with Gasteiger partial charge in [0.25, 0.3) is 5.91 Å². The molecule has 1 aliphatic rings. The maximum absolute atomic E-state index is 12.6. The lowest BCUT2D eigenvalue weighted by atomic mass is 10.1. The van der Waals surface area contributed by atoms with Gasteiger partial charge in [0.2, 0.25) is 5.91 Å². The van der Waals surface area contributed by atoms with E-state index in [0.717, 1.165) is 12.8 Å². The van der Waals surface area contributed by atoms with E-state index in [1.807, 2.05) is 6.92 Å². The molecule has 150 valence electrons. The SMILES string of the molecule is CCCCN(C(=O)CCCNC(=O)c1ccc(Cl)cc1)C1CCS(=O)(=O)C1. The minimum absolute atomic E-state index is 0.0358. The fourth-order valence-corrected chi connectivity index (χ4v) is 5.01. The van der Waals surface area contributed by atoms with Crippen LogP contribution < -0.4 is 5.32 Å². The number of carbonyl (C=O) groups is 2. The summed E-state index contributed by atoms with van der Waals surface area (Å²) in [6.07, 6.45) is 3.13. The molecule has 27 heavy (non-hydrogen) atoms. The quantitative estimate of drug-likeness (QED) is 0.629. The first-order valence-electron chi connectivity index (χ1n) is 9.36. The van der Waals surface area contributed by atoms with E-state index in [1.165, 1.54) is 0 Å². The molecule has 1 heterocycles. The van der Waals surface area contributed by atoms with Crippen molar-refractivity contribution >= 4 is 33.3 Å². The summed E-state index contributed by atoms with van der Waals surface area (Å²) in [7, 11) is -3.03. The van der Waals surface area contributed by atoms with E-state index >= 15 is 0 Å². The van der Waals surface area contributed by atoms with Crippen LogP contribution in [0, 0.1) is 0 Å². The molecule has 2 amide bonds. The van der Waals surface area contributed by atoms with Gasteiger partial charge in [0.15, 0.2) is 9.84 Å². The minimum Gasteiger partial charge on any atom is -0.352 e. The normalized spacial score (nSPS) is 18.2. The summed E-state index contributed by atoms with van der Waals surface area (Å²) in [6, 6.07) is 6.39. The molecule has 1 aromatic rings. The number of hydrogen-bond acceptors (Lipinski definition) is 4. The van der Waals surface area contributed by atoms with Crippen LogP contribution in [-0.4, -0.2) is 55.8 Å². The lowest BCUT2D eigenvalue weighted by Crippen LogP contribution is -2.42. The zero-order valence-corrected chi connectivity index (χ0v) is 17.2. The first kappa shape index (κ1) is 21.7. The second-order valence-corrected chi connectivity index (χ2v) is 9.53. The average molecular weight is 415 g/mol. The number of halogens is 1. The maximum atomic E-state index is 12.6. The molecule has 1 unspecified atom stereocenters. The van der Waals surface area contributed by atoms with Gasteiger partial charge < -0.3 is 10.2 Å². The Morgan fingerprint density at radius 2 is 1.93 bits per heavy atom. The summed E-state index contributed by atoms with van der Waals surface area (Å²) in [5.74, 6) is -0.0179. The van der Waals surface area contributed by atoms with Crippen LogP contribution in [0.25, 0.3) is 0 Å². The van der Waals surface area contributed by atoms with Gasteiger partial charge in [0, 0.05) is 36.1 Å². The fourth-order valence-electron chi connectivity index (χ4n) is 3.15. The molecule has 1 aromatic carbocycles. The summed E-state index contributed by atoms with van der Waals surface area (Å²) >= 11 is 5.80. The van der Waals surface area contributed by atoms with Gasteiger partial charge in [-0.25, -0.2) is 8.42 Å². The predicted octanol–water partition coefficient (Wildman–Crippen LogP) is 2.67. The van der Waals surface area contributed by atoms with Crippen molar-refractivity contribution < 1.29 is 18.0 Å². The molecule has 1 atom stereocenters. The molecule has 0 spiro atoms. The van der Waals surface area contributed by atoms with Crippen molar-refractivity contribution in [3.05, 3.63) is 34.9 Å². The van der Waals surface area contributed by atoms with Crippen LogP contribution in [0.4, 0.5) is 0 Å². The highest BCUT2D eigenvalue weighted by Crippen LogP contribution is 2.19. The van der Waals surface area contributed by atoms with Crippen molar-refractivity contribution in [2.45, 2.75) is 45.1 Å². The summed E-state index contributed by atoms with van der Waals surface area (Å²) < 4.78 is 23.5. The number of carbonyl (C=O) groups excluding carboxylic acids is 2. The Morgan fingerprint density at radius 3 is 2.52 bits per heavy atom. The van der Waals surface area contributed by atoms with Crippen LogP contribution in [-0.2, 0) is 14.6 Å². The van der Waals surface area contributed by atoms with Gasteiger partial charge in [-0.15, -0.1) is 0 Å². The molecule has 0 saturated carbocycles. The number of benzene rings is 1. The molecule has 8 heteroatoms. The van der Waals surface area contributed by atoms with Crippen molar-refractivity contribution in [3.63, 3.8) is 0 Å². The number of sulfone groups is 1. The van der Waals surface area contributed by atoms with Crippen molar-refractivity contribution in [1.82, 2.24) is 10.2 Å². The molecular formula is C19H27ClN2O4S. The second kappa shape index (κ2) is 10.1. The molecule has 0 bridgehead atoms. The van der Waals surface area contributed by atoms with Crippen molar-refractivity contribution in [1.29, 1.82) is 0 Å². The zero-order valence-electron chi connectivity index (χ0n) is 15.6. The highest BCUT2D eigenvalue weighted by Gasteiger charge is 2.34. The number of nitrogens with zero attached hydrogens (tertiary/aromatic N) is 1. The molecule has 0 radical (unpaired) electrons. The molecule has 0 aromatic heterocycles. The highest BCUT2D eigenvalue weighted by atomic mass is 35.5. The van der Waals surface area contributed by atoms with Gasteiger partial charge in [-0.05, 0) is 43.5 Å². The van der Waals surface area contributed by atoms with E-state index in [0.29, 0.717) is 42.9 Å². The molecule has 2 rings (SSSR count). The Bertz CT molecular complexity index is 749. The topological polar surface area (TPSA) is 83.6 Å². The first-order chi connectivity index (χ1) is 12.8. The Balaban J connectivity index is 1.80. The summed E-state index contributed by atoms with van der Waals surface area (Å²) in [4.78, 5) is 26.4. The maximum Gasteiger partial charge on any atom is 0.251 e. The van der Waals surface area contributed by atoms with Crippen LogP contribution in [0.5, 0.6) is 0 Å². The van der Waals surface area contributed by atoms with Gasteiger partial charge >= 0.3 is 0 Å². The molecule has 1 N–H and O–H groups in total. The third kappa shape index (κ3) is 6.81. The fraction of sp³-hybridized carbons (Fsp3) is 0.579. The summed E-state index contributed by atoms with van der Waals surface area (Å²) in [5, 5.41) is 3.36. The van der Waals surface area contributed by atoms with E-state index in [9.17, 15) is 18.0 Å². The van der Waals surface area contributed by atoms with E-state index in [4.69, 9.17) is 11.6 Å². The van der Waals surface area contributed by atoms with Crippen LogP contribution in [0.15, 0.2) is 24.3 Å². The molecule has 1 saturated heterocycles. The van der Waals surface area contributed by atoms with E-state index < -0.39 is 9.84 Å². The summed E-state index contributed by atoms with van der Waals surface area (Å²) in [6.45, 7) is 3.02. The van der Waals surface area contributed by atoms with Crippen molar-refractivity contribution in [3.8, 4) is 0 Å². The largest absolute Gasteiger partial charge is 0.352 e. The lowest BCUT2D eigenvalue weighted by molar-refractivity contribution is -0.133. The lowest BCUT2D eigenvalue weighted by Gasteiger charge is -2.28. The van der Waals surface area contributed by atoms with Gasteiger partial charge in [-0.1, -0.05) is 24.9 Å². The van der Waals surface area contributed by atoms with Crippen molar-refractivity contribution in [2.24, 2.45) is 0 Å². The van der Waals surface area contributed by atoms with Crippen LogP contribution in [0.3, 0.4) is 0 Å². The number of rotatable bonds is 9. The number of hydrogen-bond donors (Lipinski definition) is 1. The molecule has 0 aliphatic carbocycles. The third-order valence-electron chi connectivity index (χ3n) is 4.68. The van der Waals surface area contributed by atoms with Gasteiger partial charge in [0.1, 0.15) is 0 Å². The standard InChI is InChI=1S/C19H27ClN2O4S/c1-2-3-12-22(17-10-13-27(25,26)14-17)18(23)5-4-11-21-19(24)15-6-8-16(20)9-7-15/h6-9,17H,2-5,10-14H2,1H3,(H,21,24). The zero-order chi connectivity index (χ0) is 19.9. The Hall–Kier alpha value is -1.60. The third-order valence-corrected chi connectivity index (χ3v) is 6.68. The second-order valence-electron chi connectivity index (χ2n) is 6.86. The number of unbranched alkanes of at least 4 members (excludes halogenated alkanes) is 1. The Morgan fingerprint density at radius 1 is 1.22 bits per heavy atom. The Labute approximate surface area is 166 Å². The van der Waals surface area contributed by atoms with Crippen LogP contribution in [0.1, 0.15) is 49.4 Å². The molecule has 1 aliphatic heterocycles. The highest BCUT2D eigenvalue weighted by molar-refractivity contribution is 7.91. The van der Waals surface area contributed by atoms with Gasteiger partial charge in [0.05, 0.1) is 11.5 Å². The minimum atomic E-state index is -3.03. The Kier molecular flexibility index (Phi) is 8.10. The smallest absolute Gasteiger partial charge is 0.251 e. The predicted molar refractivity (Wildman–Crippen MR) is 107 cm³/mol. The average Bonchev–Trinajstić information content (AvgIpc) is 2.99. The number of nitrogens with one attached hydrogen (secondary N) is 1. The van der Waals surface area contributed by atoms with E-state index in [2.05, 4.69) is 5.32 Å². The molecular weight excluding hydrogens is 388 g/mol. The van der Waals surface area contributed by atoms with Crippen LogP contribution in [0.2, 0.25) is 5.02 Å². The summed E-state index contributed by atoms with van der Waals surface area (Å²) in [5.41, 5.74) is 0.520. The molecule has 1 fully saturated rings. The van der Waals surface area contributed by atoms with Crippen molar-refractivity contribution in [2.75, 3.05) is 24.6 Å². The molecule has 6 nitrogen and oxygen atoms in total. The van der Waals surface area contributed by atoms with Crippen LogP contribution >= 0.6 is 11.6 Å². The first-order valence-corrected chi connectivity index (χ1v) is 11.6. The van der Waals surface area contributed by atoms with E-state index in [-0.39, 0.29) is 29.4 Å². The van der Waals surface area contributed by atoms with Gasteiger partial charge in [-0.2, -0.15) is 0 Å². The number of amides is 2.